The van der Waals surface area contributed by atoms with Crippen LogP contribution in [0.3, 0.4) is 0 Å². The predicted molar refractivity (Wildman–Crippen MR) is 50.1 cm³/mol. The van der Waals surface area contributed by atoms with Gasteiger partial charge in [0.1, 0.15) is 0 Å². The van der Waals surface area contributed by atoms with E-state index >= 15 is 0 Å². The molecule has 1 saturated carbocycles. The number of nitrogens with one attached hydrogen (secondary N) is 1. The van der Waals surface area contributed by atoms with Gasteiger partial charge in [0.15, 0.2) is 0 Å². The van der Waals surface area contributed by atoms with Crippen molar-refractivity contribution in [2.45, 2.75) is 25.8 Å². The SMILES string of the molecule is CCC1CC1Nc1nc(N)ns1. The van der Waals surface area contributed by atoms with Crippen LogP contribution >= 0.6 is 11.5 Å². The van der Waals surface area contributed by atoms with E-state index < -0.39 is 0 Å². The first-order valence-corrected chi connectivity index (χ1v) is 4.92. The van der Waals surface area contributed by atoms with Crippen LogP contribution in [0.25, 0.3) is 0 Å². The molecular formula is C7H12N4S. The number of hydrogen-bond donors (Lipinski definition) is 2. The Hall–Kier alpha value is -0.840. The van der Waals surface area contributed by atoms with Crippen LogP contribution in [0.2, 0.25) is 0 Å². The Kier molecular flexibility index (Phi) is 1.88. The average Bonchev–Trinajstić information content (AvgIpc) is 2.67. The molecule has 2 unspecified atom stereocenters. The molecule has 2 atom stereocenters. The van der Waals surface area contributed by atoms with Crippen LogP contribution in [0.15, 0.2) is 0 Å². The van der Waals surface area contributed by atoms with Gasteiger partial charge in [0, 0.05) is 17.6 Å². The third-order valence-electron chi connectivity index (χ3n) is 2.20. The van der Waals surface area contributed by atoms with Gasteiger partial charge >= 0.3 is 0 Å². The summed E-state index contributed by atoms with van der Waals surface area (Å²) in [6.45, 7) is 2.21. The largest absolute Gasteiger partial charge is 0.367 e. The first-order chi connectivity index (χ1) is 5.79. The van der Waals surface area contributed by atoms with Crippen molar-refractivity contribution in [3.63, 3.8) is 0 Å². The van der Waals surface area contributed by atoms with Gasteiger partial charge in [-0.2, -0.15) is 9.36 Å². The molecule has 5 heteroatoms. The monoisotopic (exact) mass is 184 g/mol. The zero-order chi connectivity index (χ0) is 8.55. The molecule has 1 aromatic heterocycles. The molecule has 3 N–H and O–H groups in total. The Labute approximate surface area is 75.4 Å². The Morgan fingerprint density at radius 2 is 2.58 bits per heavy atom. The highest BCUT2D eigenvalue weighted by atomic mass is 32.1. The molecule has 1 fully saturated rings. The van der Waals surface area contributed by atoms with Gasteiger partial charge in [-0.15, -0.1) is 0 Å². The van der Waals surface area contributed by atoms with Gasteiger partial charge in [-0.3, -0.25) is 0 Å². The molecule has 0 bridgehead atoms. The zero-order valence-electron chi connectivity index (χ0n) is 6.95. The van der Waals surface area contributed by atoms with E-state index in [2.05, 4.69) is 21.6 Å². The van der Waals surface area contributed by atoms with Gasteiger partial charge in [0.25, 0.3) is 0 Å². The summed E-state index contributed by atoms with van der Waals surface area (Å²) in [7, 11) is 0. The van der Waals surface area contributed by atoms with Crippen LogP contribution in [0.5, 0.6) is 0 Å². The first-order valence-electron chi connectivity index (χ1n) is 4.15. The minimum absolute atomic E-state index is 0.371. The Bertz CT molecular complexity index is 272. The molecule has 0 radical (unpaired) electrons. The minimum Gasteiger partial charge on any atom is -0.367 e. The third kappa shape index (κ3) is 1.50. The van der Waals surface area contributed by atoms with E-state index in [1.807, 2.05) is 0 Å². The molecule has 66 valence electrons. The number of aromatic nitrogens is 2. The van der Waals surface area contributed by atoms with Crippen molar-refractivity contribution in [1.82, 2.24) is 9.36 Å². The lowest BCUT2D eigenvalue weighted by atomic mass is 10.3. The number of nitrogens with zero attached hydrogens (tertiary/aromatic N) is 2. The van der Waals surface area contributed by atoms with Crippen LogP contribution in [-0.4, -0.2) is 15.4 Å². The number of anilines is 2. The smallest absolute Gasteiger partial charge is 0.233 e. The van der Waals surface area contributed by atoms with Crippen molar-refractivity contribution in [3.8, 4) is 0 Å². The van der Waals surface area contributed by atoms with E-state index in [1.54, 1.807) is 0 Å². The summed E-state index contributed by atoms with van der Waals surface area (Å²) in [6.07, 6.45) is 2.50. The standard InChI is InChI=1S/C7H12N4S/c1-2-4-3-5(4)9-7-10-6(8)11-12-7/h4-5H,2-3H2,1H3,(H3,8,9,10,11). The number of rotatable bonds is 3. The second kappa shape index (κ2) is 2.90. The highest BCUT2D eigenvalue weighted by Crippen LogP contribution is 2.36. The van der Waals surface area contributed by atoms with Crippen molar-refractivity contribution in [3.05, 3.63) is 0 Å². The first kappa shape index (κ1) is 7.79. The maximum absolute atomic E-state index is 5.39. The van der Waals surface area contributed by atoms with Crippen molar-refractivity contribution >= 4 is 22.6 Å². The van der Waals surface area contributed by atoms with Crippen molar-refractivity contribution in [2.75, 3.05) is 11.1 Å². The molecule has 1 aliphatic carbocycles. The summed E-state index contributed by atoms with van der Waals surface area (Å²) >= 11 is 1.33. The van der Waals surface area contributed by atoms with Gasteiger partial charge in [-0.25, -0.2) is 0 Å². The van der Waals surface area contributed by atoms with Gasteiger partial charge in [-0.1, -0.05) is 13.3 Å². The molecule has 1 aliphatic rings. The molecule has 4 nitrogen and oxygen atoms in total. The van der Waals surface area contributed by atoms with Crippen molar-refractivity contribution < 1.29 is 0 Å². The highest BCUT2D eigenvalue weighted by molar-refractivity contribution is 7.09. The number of hydrogen-bond acceptors (Lipinski definition) is 5. The van der Waals surface area contributed by atoms with Crippen molar-refractivity contribution in [1.29, 1.82) is 0 Å². The van der Waals surface area contributed by atoms with Crippen molar-refractivity contribution in [2.24, 2.45) is 5.92 Å². The predicted octanol–water partition coefficient (Wildman–Crippen LogP) is 1.33. The second-order valence-corrected chi connectivity index (χ2v) is 3.86. The van der Waals surface area contributed by atoms with Crippen LogP contribution < -0.4 is 11.1 Å². The lowest BCUT2D eigenvalue weighted by molar-refractivity contribution is 0.774. The Morgan fingerprint density at radius 3 is 3.08 bits per heavy atom. The quantitative estimate of drug-likeness (QED) is 0.744. The maximum atomic E-state index is 5.39. The molecule has 1 aromatic rings. The second-order valence-electron chi connectivity index (χ2n) is 3.11. The summed E-state index contributed by atoms with van der Waals surface area (Å²) in [5.74, 6) is 1.20. The fourth-order valence-corrected chi connectivity index (χ4v) is 1.89. The molecule has 0 spiro atoms. The fraction of sp³-hybridized carbons (Fsp3) is 0.714. The number of nitrogen functional groups attached to an aromatic ring is 1. The minimum atomic E-state index is 0.371. The third-order valence-corrected chi connectivity index (χ3v) is 2.86. The molecular weight excluding hydrogens is 172 g/mol. The Morgan fingerprint density at radius 1 is 1.75 bits per heavy atom. The summed E-state index contributed by atoms with van der Waals surface area (Å²) < 4.78 is 3.89. The lowest BCUT2D eigenvalue weighted by Crippen LogP contribution is -2.03. The molecule has 2 rings (SSSR count). The summed E-state index contributed by atoms with van der Waals surface area (Å²) in [5, 5.41) is 4.16. The van der Waals surface area contributed by atoms with E-state index in [9.17, 15) is 0 Å². The van der Waals surface area contributed by atoms with E-state index in [0.29, 0.717) is 12.0 Å². The maximum Gasteiger partial charge on any atom is 0.233 e. The number of nitrogens with two attached hydrogens (primary N) is 1. The van der Waals surface area contributed by atoms with E-state index in [0.717, 1.165) is 11.0 Å². The zero-order valence-corrected chi connectivity index (χ0v) is 7.77. The van der Waals surface area contributed by atoms with E-state index in [1.165, 1.54) is 24.4 Å². The summed E-state index contributed by atoms with van der Waals surface area (Å²) in [5.41, 5.74) is 5.39. The summed E-state index contributed by atoms with van der Waals surface area (Å²) in [4.78, 5) is 4.03. The van der Waals surface area contributed by atoms with Crippen LogP contribution in [0, 0.1) is 5.92 Å². The summed E-state index contributed by atoms with van der Waals surface area (Å²) in [6, 6.07) is 0.613. The van der Waals surface area contributed by atoms with Gasteiger partial charge in [0.2, 0.25) is 11.1 Å². The van der Waals surface area contributed by atoms with E-state index in [-0.39, 0.29) is 0 Å². The van der Waals surface area contributed by atoms with Gasteiger partial charge < -0.3 is 11.1 Å². The molecule has 1 heterocycles. The van der Waals surface area contributed by atoms with Crippen LogP contribution in [0.1, 0.15) is 19.8 Å². The molecule has 0 aromatic carbocycles. The topological polar surface area (TPSA) is 63.8 Å². The van der Waals surface area contributed by atoms with Crippen LogP contribution in [-0.2, 0) is 0 Å². The molecule has 0 aliphatic heterocycles. The lowest BCUT2D eigenvalue weighted by Gasteiger charge is -1.97. The van der Waals surface area contributed by atoms with Gasteiger partial charge in [0.05, 0.1) is 0 Å². The van der Waals surface area contributed by atoms with Crippen LogP contribution in [0.4, 0.5) is 11.1 Å². The van der Waals surface area contributed by atoms with Gasteiger partial charge in [-0.05, 0) is 12.3 Å². The average molecular weight is 184 g/mol. The highest BCUT2D eigenvalue weighted by Gasteiger charge is 2.35. The van der Waals surface area contributed by atoms with E-state index in [4.69, 9.17) is 5.73 Å². The molecule has 0 saturated heterocycles. The Balaban J connectivity index is 1.89. The molecule has 0 amide bonds. The normalized spacial score (nSPS) is 27.1. The fourth-order valence-electron chi connectivity index (χ4n) is 1.33. The molecule has 12 heavy (non-hydrogen) atoms.